The van der Waals surface area contributed by atoms with Gasteiger partial charge >= 0.3 is 5.97 Å². The van der Waals surface area contributed by atoms with E-state index in [4.69, 9.17) is 14.6 Å². The van der Waals surface area contributed by atoms with E-state index in [1.54, 1.807) is 20.4 Å². The van der Waals surface area contributed by atoms with Crippen molar-refractivity contribution in [1.29, 1.82) is 0 Å². The van der Waals surface area contributed by atoms with Gasteiger partial charge in [-0.1, -0.05) is 18.9 Å². The number of hydrogen-bond donors (Lipinski definition) is 1. The number of ether oxygens (including phenoxy) is 2. The minimum absolute atomic E-state index is 0.0389. The van der Waals surface area contributed by atoms with Gasteiger partial charge in [0.05, 0.1) is 32.3 Å². The molecule has 1 fully saturated rings. The van der Waals surface area contributed by atoms with Crippen LogP contribution in [0.2, 0.25) is 0 Å². The van der Waals surface area contributed by atoms with Crippen molar-refractivity contribution >= 4 is 5.97 Å². The van der Waals surface area contributed by atoms with Crippen molar-refractivity contribution in [1.82, 2.24) is 14.9 Å². The molecule has 0 atom stereocenters. The molecule has 7 heteroatoms. The molecule has 2 aromatic rings. The minimum atomic E-state index is -1.07. The third kappa shape index (κ3) is 4.74. The van der Waals surface area contributed by atoms with Gasteiger partial charge < -0.3 is 14.6 Å². The zero-order valence-electron chi connectivity index (χ0n) is 15.7. The number of carboxylic acid groups (broad SMARTS) is 1. The Bertz CT molecular complexity index is 773. The lowest BCUT2D eigenvalue weighted by molar-refractivity contribution is 0.0689. The summed E-state index contributed by atoms with van der Waals surface area (Å²) in [5, 5.41) is 8.99. The van der Waals surface area contributed by atoms with Crippen LogP contribution in [0.15, 0.2) is 30.6 Å². The van der Waals surface area contributed by atoms with Gasteiger partial charge in [-0.3, -0.25) is 9.88 Å². The van der Waals surface area contributed by atoms with Gasteiger partial charge in [-0.25, -0.2) is 9.78 Å². The molecular weight excluding hydrogens is 346 g/mol. The van der Waals surface area contributed by atoms with Crippen molar-refractivity contribution in [2.45, 2.75) is 44.8 Å². The highest BCUT2D eigenvalue weighted by Gasteiger charge is 2.24. The Morgan fingerprint density at radius 3 is 2.52 bits per heavy atom. The predicted octanol–water partition coefficient (Wildman–Crippen LogP) is 3.14. The Morgan fingerprint density at radius 2 is 1.93 bits per heavy atom. The molecule has 0 amide bonds. The molecule has 1 aromatic heterocycles. The molecule has 7 nitrogen and oxygen atoms in total. The van der Waals surface area contributed by atoms with Gasteiger partial charge in [0.2, 0.25) is 0 Å². The predicted molar refractivity (Wildman–Crippen MR) is 100 cm³/mol. The highest BCUT2D eigenvalue weighted by atomic mass is 16.5. The molecule has 144 valence electrons. The fraction of sp³-hybridized carbons (Fsp3) is 0.450. The van der Waals surface area contributed by atoms with Crippen LogP contribution < -0.4 is 9.47 Å². The SMILES string of the molecule is COc1ccc(CN(Cc2cnc(C(=O)O)cn2)C2CCCC2)c(OC)c1. The first-order valence-electron chi connectivity index (χ1n) is 9.10. The molecule has 1 aromatic carbocycles. The van der Waals surface area contributed by atoms with E-state index in [9.17, 15) is 4.79 Å². The van der Waals surface area contributed by atoms with Gasteiger partial charge in [0, 0.05) is 30.8 Å². The van der Waals surface area contributed by atoms with Crippen LogP contribution in [0.3, 0.4) is 0 Å². The van der Waals surface area contributed by atoms with Crippen LogP contribution >= 0.6 is 0 Å². The molecule has 0 radical (unpaired) electrons. The van der Waals surface area contributed by atoms with Crippen LogP contribution in [0.5, 0.6) is 11.5 Å². The standard InChI is InChI=1S/C20H25N3O4/c1-26-17-8-7-14(19(9-17)27-2)12-23(16-5-3-4-6-16)13-15-10-22-18(11-21-15)20(24)25/h7-11,16H,3-6,12-13H2,1-2H3,(H,24,25). The number of carboxylic acids is 1. The zero-order valence-corrected chi connectivity index (χ0v) is 15.7. The molecule has 1 heterocycles. The summed E-state index contributed by atoms with van der Waals surface area (Å²) in [6.45, 7) is 1.34. The lowest BCUT2D eigenvalue weighted by Crippen LogP contribution is -2.32. The van der Waals surface area contributed by atoms with Crippen molar-refractivity contribution in [2.75, 3.05) is 14.2 Å². The summed E-state index contributed by atoms with van der Waals surface area (Å²) in [4.78, 5) is 21.6. The van der Waals surface area contributed by atoms with Gasteiger partial charge in [0.15, 0.2) is 5.69 Å². The first-order valence-corrected chi connectivity index (χ1v) is 9.10. The van der Waals surface area contributed by atoms with E-state index in [0.717, 1.165) is 42.1 Å². The molecule has 0 bridgehead atoms. The fourth-order valence-electron chi connectivity index (χ4n) is 3.54. The van der Waals surface area contributed by atoms with Crippen molar-refractivity contribution in [3.63, 3.8) is 0 Å². The topological polar surface area (TPSA) is 84.8 Å². The molecule has 3 rings (SSSR count). The van der Waals surface area contributed by atoms with Crippen LogP contribution in [-0.2, 0) is 13.1 Å². The molecule has 1 aliphatic rings. The number of aromatic nitrogens is 2. The third-order valence-corrected chi connectivity index (χ3v) is 5.00. The van der Waals surface area contributed by atoms with Gasteiger partial charge in [-0.15, -0.1) is 0 Å². The Labute approximate surface area is 159 Å². The number of nitrogens with zero attached hydrogens (tertiary/aromatic N) is 3. The Balaban J connectivity index is 1.80. The highest BCUT2D eigenvalue weighted by molar-refractivity contribution is 5.84. The van der Waals surface area contributed by atoms with E-state index >= 15 is 0 Å². The number of aromatic carboxylic acids is 1. The normalized spacial score (nSPS) is 14.5. The van der Waals surface area contributed by atoms with Crippen molar-refractivity contribution in [2.24, 2.45) is 0 Å². The van der Waals surface area contributed by atoms with Crippen LogP contribution in [0.25, 0.3) is 0 Å². The largest absolute Gasteiger partial charge is 0.497 e. The van der Waals surface area contributed by atoms with Gasteiger partial charge in [-0.2, -0.15) is 0 Å². The molecule has 0 aliphatic heterocycles. The average molecular weight is 371 g/mol. The molecule has 0 saturated heterocycles. The fourth-order valence-corrected chi connectivity index (χ4v) is 3.54. The summed E-state index contributed by atoms with van der Waals surface area (Å²) in [5.41, 5.74) is 1.81. The number of hydrogen-bond acceptors (Lipinski definition) is 6. The summed E-state index contributed by atoms with van der Waals surface area (Å²) < 4.78 is 10.8. The van der Waals surface area contributed by atoms with Gasteiger partial charge in [-0.05, 0) is 18.9 Å². The molecule has 1 aliphatic carbocycles. The summed E-state index contributed by atoms with van der Waals surface area (Å²) in [5.74, 6) is 0.493. The number of methoxy groups -OCH3 is 2. The van der Waals surface area contributed by atoms with Crippen molar-refractivity contribution < 1.29 is 19.4 Å². The lowest BCUT2D eigenvalue weighted by Gasteiger charge is -2.29. The molecule has 27 heavy (non-hydrogen) atoms. The second-order valence-electron chi connectivity index (χ2n) is 6.72. The van der Waals surface area contributed by atoms with Gasteiger partial charge in [0.25, 0.3) is 0 Å². The van der Waals surface area contributed by atoms with E-state index in [2.05, 4.69) is 14.9 Å². The molecular formula is C20H25N3O4. The number of benzene rings is 1. The van der Waals surface area contributed by atoms with Crippen molar-refractivity contribution in [3.05, 3.63) is 47.5 Å². The maximum atomic E-state index is 11.0. The smallest absolute Gasteiger partial charge is 0.356 e. The van der Waals surface area contributed by atoms with Crippen LogP contribution in [-0.4, -0.2) is 46.2 Å². The zero-order chi connectivity index (χ0) is 19.2. The monoisotopic (exact) mass is 371 g/mol. The molecule has 1 N–H and O–H groups in total. The van der Waals surface area contributed by atoms with Crippen LogP contribution in [0.1, 0.15) is 47.4 Å². The molecule has 1 saturated carbocycles. The van der Waals surface area contributed by atoms with E-state index in [0.29, 0.717) is 12.6 Å². The van der Waals surface area contributed by atoms with Crippen LogP contribution in [0, 0.1) is 0 Å². The Hall–Kier alpha value is -2.67. The summed E-state index contributed by atoms with van der Waals surface area (Å²) in [7, 11) is 3.30. The third-order valence-electron chi connectivity index (χ3n) is 5.00. The maximum Gasteiger partial charge on any atom is 0.356 e. The quantitative estimate of drug-likeness (QED) is 0.763. The maximum absolute atomic E-state index is 11.0. The first kappa shape index (κ1) is 19.1. The number of carbonyl (C=O) groups is 1. The average Bonchev–Trinajstić information content (AvgIpc) is 3.23. The van der Waals surface area contributed by atoms with E-state index in [1.807, 2.05) is 18.2 Å². The Morgan fingerprint density at radius 1 is 1.15 bits per heavy atom. The first-order chi connectivity index (χ1) is 13.1. The molecule has 0 unspecified atom stereocenters. The van der Waals surface area contributed by atoms with Crippen molar-refractivity contribution in [3.8, 4) is 11.5 Å². The highest BCUT2D eigenvalue weighted by Crippen LogP contribution is 2.30. The minimum Gasteiger partial charge on any atom is -0.497 e. The van der Waals surface area contributed by atoms with Gasteiger partial charge in [0.1, 0.15) is 11.5 Å². The van der Waals surface area contributed by atoms with Crippen LogP contribution in [0.4, 0.5) is 0 Å². The lowest BCUT2D eigenvalue weighted by atomic mass is 10.1. The second-order valence-corrected chi connectivity index (χ2v) is 6.72. The summed E-state index contributed by atoms with van der Waals surface area (Å²) in [6, 6.07) is 6.33. The van der Waals surface area contributed by atoms with E-state index in [-0.39, 0.29) is 5.69 Å². The Kier molecular flexibility index (Phi) is 6.24. The summed E-state index contributed by atoms with van der Waals surface area (Å²) in [6.07, 6.45) is 7.63. The second kappa shape index (κ2) is 8.81. The van der Waals surface area contributed by atoms with E-state index < -0.39 is 5.97 Å². The molecule has 0 spiro atoms. The summed E-state index contributed by atoms with van der Waals surface area (Å²) >= 11 is 0. The number of rotatable bonds is 8. The van der Waals surface area contributed by atoms with E-state index in [1.165, 1.54) is 19.0 Å².